The van der Waals surface area contributed by atoms with E-state index in [1.165, 1.54) is 6.92 Å². The van der Waals surface area contributed by atoms with Crippen molar-refractivity contribution < 1.29 is 9.59 Å². The minimum absolute atomic E-state index is 0.0194. The molecule has 1 amide bonds. The van der Waals surface area contributed by atoms with Crippen molar-refractivity contribution in [3.05, 3.63) is 82.5 Å². The minimum Gasteiger partial charge on any atom is -0.340 e. The molecule has 0 saturated heterocycles. The summed E-state index contributed by atoms with van der Waals surface area (Å²) < 4.78 is 0. The molecule has 2 N–H and O–H groups in total. The molecule has 0 aliphatic rings. The van der Waals surface area contributed by atoms with Crippen LogP contribution < -0.4 is 10.6 Å². The van der Waals surface area contributed by atoms with E-state index in [2.05, 4.69) is 15.6 Å². The third kappa shape index (κ3) is 4.71. The van der Waals surface area contributed by atoms with Crippen molar-refractivity contribution in [2.24, 2.45) is 0 Å². The van der Waals surface area contributed by atoms with Crippen LogP contribution in [0.1, 0.15) is 33.2 Å². The van der Waals surface area contributed by atoms with Crippen LogP contribution in [-0.2, 0) is 0 Å². The summed E-state index contributed by atoms with van der Waals surface area (Å²) in [6.07, 6.45) is 1.57. The molecule has 2 aromatic carbocycles. The van der Waals surface area contributed by atoms with E-state index in [-0.39, 0.29) is 11.7 Å². The van der Waals surface area contributed by atoms with Crippen LogP contribution in [0.2, 0.25) is 5.02 Å². The van der Waals surface area contributed by atoms with Gasteiger partial charge in [-0.1, -0.05) is 17.7 Å². The number of nitrogens with zero attached hydrogens (tertiary/aromatic N) is 1. The van der Waals surface area contributed by atoms with Gasteiger partial charge in [0, 0.05) is 33.7 Å². The van der Waals surface area contributed by atoms with Crippen molar-refractivity contribution >= 4 is 40.5 Å². The Kier molecular flexibility index (Phi) is 5.52. The summed E-state index contributed by atoms with van der Waals surface area (Å²) in [4.78, 5) is 28.1. The minimum atomic E-state index is -0.265. The van der Waals surface area contributed by atoms with Gasteiger partial charge in [-0.15, -0.1) is 0 Å². The number of amides is 1. The van der Waals surface area contributed by atoms with E-state index < -0.39 is 0 Å². The molecule has 3 rings (SSSR count). The monoisotopic (exact) mass is 379 g/mol. The number of hydrogen-bond acceptors (Lipinski definition) is 4. The van der Waals surface area contributed by atoms with Crippen molar-refractivity contribution in [3.63, 3.8) is 0 Å². The lowest BCUT2D eigenvalue weighted by Crippen LogP contribution is -2.12. The molecular formula is C21H18ClN3O2. The van der Waals surface area contributed by atoms with E-state index in [0.717, 1.165) is 11.3 Å². The van der Waals surface area contributed by atoms with E-state index in [1.54, 1.807) is 42.6 Å². The number of carbonyl (C=O) groups excluding carboxylic acids is 2. The van der Waals surface area contributed by atoms with Crippen LogP contribution in [-0.4, -0.2) is 16.7 Å². The highest BCUT2D eigenvalue weighted by molar-refractivity contribution is 6.30. The molecule has 0 fully saturated rings. The van der Waals surface area contributed by atoms with E-state index in [9.17, 15) is 9.59 Å². The fourth-order valence-corrected chi connectivity index (χ4v) is 2.67. The average molecular weight is 380 g/mol. The zero-order chi connectivity index (χ0) is 19.4. The van der Waals surface area contributed by atoms with E-state index in [4.69, 9.17) is 11.6 Å². The Bertz CT molecular complexity index is 1000. The van der Waals surface area contributed by atoms with Crippen molar-refractivity contribution in [2.45, 2.75) is 13.8 Å². The van der Waals surface area contributed by atoms with Gasteiger partial charge >= 0.3 is 0 Å². The van der Waals surface area contributed by atoms with Gasteiger partial charge in [-0.25, -0.2) is 4.98 Å². The quantitative estimate of drug-likeness (QED) is 0.594. The number of nitrogens with one attached hydrogen (secondary N) is 2. The molecule has 0 aliphatic carbocycles. The second kappa shape index (κ2) is 8.01. The number of Topliss-reactive ketones (excluding diaryl/α,β-unsaturated/α-hetero) is 1. The molecule has 0 atom stereocenters. The van der Waals surface area contributed by atoms with Crippen LogP contribution >= 0.6 is 11.6 Å². The van der Waals surface area contributed by atoms with Crippen molar-refractivity contribution in [1.82, 2.24) is 4.98 Å². The Hall–Kier alpha value is -3.18. The van der Waals surface area contributed by atoms with Crippen molar-refractivity contribution in [3.8, 4) is 0 Å². The smallest absolute Gasteiger partial charge is 0.255 e. The van der Waals surface area contributed by atoms with Crippen LogP contribution in [0.4, 0.5) is 17.2 Å². The summed E-state index contributed by atoms with van der Waals surface area (Å²) in [5.74, 6) is 0.257. The molecule has 136 valence electrons. The first kappa shape index (κ1) is 18.6. The Labute approximate surface area is 162 Å². The molecule has 1 aromatic heterocycles. The van der Waals surface area contributed by atoms with Gasteiger partial charge in [0.1, 0.15) is 5.82 Å². The molecule has 0 saturated carbocycles. The maximum Gasteiger partial charge on any atom is 0.255 e. The first-order valence-corrected chi connectivity index (χ1v) is 8.72. The van der Waals surface area contributed by atoms with Gasteiger partial charge in [-0.05, 0) is 67.9 Å². The molecule has 0 unspecified atom stereocenters. The Morgan fingerprint density at radius 2 is 1.70 bits per heavy atom. The summed E-state index contributed by atoms with van der Waals surface area (Å²) in [7, 11) is 0. The van der Waals surface area contributed by atoms with Gasteiger partial charge in [0.05, 0.1) is 0 Å². The van der Waals surface area contributed by atoms with Gasteiger partial charge in [0.25, 0.3) is 5.91 Å². The number of anilines is 3. The van der Waals surface area contributed by atoms with Crippen LogP contribution in [0.25, 0.3) is 0 Å². The lowest BCUT2D eigenvalue weighted by molar-refractivity contribution is 0.101. The number of pyridine rings is 1. The van der Waals surface area contributed by atoms with E-state index in [1.807, 2.05) is 25.1 Å². The second-order valence-corrected chi connectivity index (χ2v) is 6.54. The highest BCUT2D eigenvalue weighted by Crippen LogP contribution is 2.23. The van der Waals surface area contributed by atoms with Crippen molar-refractivity contribution in [1.29, 1.82) is 0 Å². The topological polar surface area (TPSA) is 71.1 Å². The van der Waals surface area contributed by atoms with Crippen LogP contribution in [0, 0.1) is 6.92 Å². The molecular weight excluding hydrogens is 362 g/mol. The number of ketones is 1. The fraction of sp³-hybridized carbons (Fsp3) is 0.0952. The molecule has 0 radical (unpaired) electrons. The molecule has 6 heteroatoms. The van der Waals surface area contributed by atoms with Crippen LogP contribution in [0.15, 0.2) is 60.8 Å². The predicted octanol–water partition coefficient (Wildman–Crippen LogP) is 5.24. The molecule has 27 heavy (non-hydrogen) atoms. The third-order valence-corrected chi connectivity index (χ3v) is 4.27. The highest BCUT2D eigenvalue weighted by atomic mass is 35.5. The molecule has 5 nitrogen and oxygen atoms in total. The summed E-state index contributed by atoms with van der Waals surface area (Å²) >= 11 is 6.04. The number of hydrogen-bond donors (Lipinski definition) is 2. The average Bonchev–Trinajstić information content (AvgIpc) is 2.65. The number of rotatable bonds is 5. The second-order valence-electron chi connectivity index (χ2n) is 6.10. The third-order valence-electron chi connectivity index (χ3n) is 4.03. The molecule has 3 aromatic rings. The Morgan fingerprint density at radius 3 is 2.41 bits per heavy atom. The number of benzene rings is 2. The van der Waals surface area contributed by atoms with Gasteiger partial charge in [0.15, 0.2) is 5.78 Å². The normalized spacial score (nSPS) is 10.3. The molecule has 0 spiro atoms. The van der Waals surface area contributed by atoms with Crippen LogP contribution in [0.3, 0.4) is 0 Å². The van der Waals surface area contributed by atoms with Gasteiger partial charge in [0.2, 0.25) is 0 Å². The fourth-order valence-electron chi connectivity index (χ4n) is 2.50. The van der Waals surface area contributed by atoms with E-state index in [0.29, 0.717) is 27.7 Å². The zero-order valence-electron chi connectivity index (χ0n) is 14.9. The Balaban J connectivity index is 1.75. The predicted molar refractivity (Wildman–Crippen MR) is 108 cm³/mol. The standard InChI is InChI=1S/C21H18ClN3O2/c1-13-3-6-17(22)12-19(13)25-20-11-16(9-10-23-20)21(27)24-18-7-4-15(5-8-18)14(2)26/h3-12H,1-2H3,(H,23,25)(H,24,27). The summed E-state index contributed by atoms with van der Waals surface area (Å²) in [6.45, 7) is 3.46. The first-order valence-electron chi connectivity index (χ1n) is 8.34. The van der Waals surface area contributed by atoms with Gasteiger partial charge in [-0.2, -0.15) is 0 Å². The van der Waals surface area contributed by atoms with E-state index >= 15 is 0 Å². The molecule has 0 aliphatic heterocycles. The maximum absolute atomic E-state index is 12.5. The summed E-state index contributed by atoms with van der Waals surface area (Å²) in [6, 6.07) is 15.6. The number of aryl methyl sites for hydroxylation is 1. The number of halogens is 1. The zero-order valence-corrected chi connectivity index (χ0v) is 15.7. The lowest BCUT2D eigenvalue weighted by Gasteiger charge is -2.11. The molecule has 0 bridgehead atoms. The van der Waals surface area contributed by atoms with Gasteiger partial charge < -0.3 is 10.6 Å². The summed E-state index contributed by atoms with van der Waals surface area (Å²) in [5, 5.41) is 6.60. The number of carbonyl (C=O) groups is 2. The summed E-state index contributed by atoms with van der Waals surface area (Å²) in [5.41, 5.74) is 3.51. The van der Waals surface area contributed by atoms with Crippen molar-refractivity contribution in [2.75, 3.05) is 10.6 Å². The first-order chi connectivity index (χ1) is 12.9. The van der Waals surface area contributed by atoms with Gasteiger partial charge in [-0.3, -0.25) is 9.59 Å². The highest BCUT2D eigenvalue weighted by Gasteiger charge is 2.09. The number of aromatic nitrogens is 1. The largest absolute Gasteiger partial charge is 0.340 e. The maximum atomic E-state index is 12.5. The SMILES string of the molecule is CC(=O)c1ccc(NC(=O)c2ccnc(Nc3cc(Cl)ccc3C)c2)cc1. The molecule has 1 heterocycles. The Morgan fingerprint density at radius 1 is 0.963 bits per heavy atom. The van der Waals surface area contributed by atoms with Crippen LogP contribution in [0.5, 0.6) is 0 Å². The lowest BCUT2D eigenvalue weighted by atomic mass is 10.1.